The van der Waals surface area contributed by atoms with Crippen molar-refractivity contribution in [2.24, 2.45) is 0 Å². The highest BCUT2D eigenvalue weighted by Crippen LogP contribution is 2.15. The zero-order valence-corrected chi connectivity index (χ0v) is 11.9. The Morgan fingerprint density at radius 2 is 1.79 bits per heavy atom. The molecule has 0 atom stereocenters. The molecule has 1 heterocycles. The molecule has 0 unspecified atom stereocenters. The van der Waals surface area contributed by atoms with E-state index in [4.69, 9.17) is 9.47 Å². The van der Waals surface area contributed by atoms with Gasteiger partial charge in [-0.25, -0.2) is 0 Å². The molecular formula is C16H23NO2. The van der Waals surface area contributed by atoms with Crippen molar-refractivity contribution in [3.05, 3.63) is 41.5 Å². The number of hydrogen-bond donors (Lipinski definition) is 0. The van der Waals surface area contributed by atoms with Crippen LogP contribution in [0.25, 0.3) is 0 Å². The second-order valence-corrected chi connectivity index (χ2v) is 5.02. The van der Waals surface area contributed by atoms with Crippen LogP contribution >= 0.6 is 0 Å². The maximum Gasteiger partial charge on any atom is 0.120 e. The van der Waals surface area contributed by atoms with Gasteiger partial charge in [0.15, 0.2) is 0 Å². The van der Waals surface area contributed by atoms with Crippen LogP contribution in [-0.2, 0) is 4.74 Å². The number of ether oxygens (including phenoxy) is 2. The number of hydrogen-bond acceptors (Lipinski definition) is 3. The molecule has 1 aliphatic rings. The Kier molecular flexibility index (Phi) is 5.43. The van der Waals surface area contributed by atoms with E-state index in [1.165, 1.54) is 11.1 Å². The molecular weight excluding hydrogens is 238 g/mol. The summed E-state index contributed by atoms with van der Waals surface area (Å²) in [5.41, 5.74) is 2.49. The molecule has 3 nitrogen and oxygen atoms in total. The van der Waals surface area contributed by atoms with Gasteiger partial charge in [0.1, 0.15) is 12.4 Å². The van der Waals surface area contributed by atoms with Gasteiger partial charge in [0.25, 0.3) is 0 Å². The third kappa shape index (κ3) is 5.05. The minimum atomic E-state index is 0.632. The van der Waals surface area contributed by atoms with Crippen molar-refractivity contribution in [1.82, 2.24) is 4.90 Å². The third-order valence-corrected chi connectivity index (χ3v) is 3.18. The summed E-state index contributed by atoms with van der Waals surface area (Å²) in [7, 11) is 0. The fourth-order valence-electron chi connectivity index (χ4n) is 2.24. The molecule has 1 fully saturated rings. The quantitative estimate of drug-likeness (QED) is 0.760. The summed E-state index contributed by atoms with van der Waals surface area (Å²) in [6, 6.07) is 6.30. The molecule has 0 saturated carbocycles. The zero-order valence-electron chi connectivity index (χ0n) is 11.9. The number of benzene rings is 1. The van der Waals surface area contributed by atoms with Gasteiger partial charge in [0.2, 0.25) is 0 Å². The maximum atomic E-state index is 5.73. The van der Waals surface area contributed by atoms with Gasteiger partial charge in [-0.05, 0) is 37.1 Å². The summed E-state index contributed by atoms with van der Waals surface area (Å²) in [5.74, 6) is 0.952. The molecule has 0 radical (unpaired) electrons. The second-order valence-electron chi connectivity index (χ2n) is 5.02. The van der Waals surface area contributed by atoms with E-state index in [9.17, 15) is 0 Å². The fraction of sp³-hybridized carbons (Fsp3) is 0.500. The molecule has 1 aliphatic heterocycles. The minimum absolute atomic E-state index is 0.632. The Morgan fingerprint density at radius 1 is 1.11 bits per heavy atom. The highest BCUT2D eigenvalue weighted by Gasteiger charge is 2.07. The topological polar surface area (TPSA) is 21.7 Å². The van der Waals surface area contributed by atoms with Crippen molar-refractivity contribution in [3.8, 4) is 5.75 Å². The van der Waals surface area contributed by atoms with Crippen LogP contribution in [0.15, 0.2) is 30.4 Å². The van der Waals surface area contributed by atoms with Crippen molar-refractivity contribution in [2.75, 3.05) is 39.5 Å². The summed E-state index contributed by atoms with van der Waals surface area (Å²) >= 11 is 0. The van der Waals surface area contributed by atoms with Gasteiger partial charge in [-0.1, -0.05) is 18.2 Å². The van der Waals surface area contributed by atoms with E-state index >= 15 is 0 Å². The lowest BCUT2D eigenvalue weighted by Gasteiger charge is -2.25. The van der Waals surface area contributed by atoms with E-state index < -0.39 is 0 Å². The van der Waals surface area contributed by atoms with E-state index in [1.54, 1.807) is 0 Å². The van der Waals surface area contributed by atoms with Crippen molar-refractivity contribution in [1.29, 1.82) is 0 Å². The molecule has 19 heavy (non-hydrogen) atoms. The number of rotatable bonds is 5. The molecule has 1 aromatic carbocycles. The first-order valence-electron chi connectivity index (χ1n) is 6.90. The predicted molar refractivity (Wildman–Crippen MR) is 77.8 cm³/mol. The molecule has 0 aliphatic carbocycles. The van der Waals surface area contributed by atoms with Gasteiger partial charge in [-0.15, -0.1) is 0 Å². The van der Waals surface area contributed by atoms with Crippen LogP contribution in [0.2, 0.25) is 0 Å². The lowest BCUT2D eigenvalue weighted by molar-refractivity contribution is 0.0434. The second kappa shape index (κ2) is 7.31. The molecule has 0 N–H and O–H groups in total. The number of nitrogens with zero attached hydrogens (tertiary/aromatic N) is 1. The standard InChI is InChI=1S/C16H23NO2/c1-14-11-15(2)13-16(12-14)19-8-4-3-5-17-6-9-18-10-7-17/h3-4,11-13H,5-10H2,1-2H3/b4-3+. The van der Waals surface area contributed by atoms with Crippen LogP contribution in [0.1, 0.15) is 11.1 Å². The smallest absolute Gasteiger partial charge is 0.120 e. The summed E-state index contributed by atoms with van der Waals surface area (Å²) < 4.78 is 11.0. The average Bonchev–Trinajstić information content (AvgIpc) is 2.38. The van der Waals surface area contributed by atoms with E-state index in [0.29, 0.717) is 6.61 Å². The Morgan fingerprint density at radius 3 is 2.47 bits per heavy atom. The van der Waals surface area contributed by atoms with Gasteiger partial charge in [-0.2, -0.15) is 0 Å². The summed E-state index contributed by atoms with van der Waals surface area (Å²) in [6.45, 7) is 9.57. The molecule has 2 rings (SSSR count). The van der Waals surface area contributed by atoms with Crippen LogP contribution in [0.3, 0.4) is 0 Å². The van der Waals surface area contributed by atoms with Gasteiger partial charge in [0.05, 0.1) is 13.2 Å². The molecule has 1 aromatic rings. The lowest BCUT2D eigenvalue weighted by atomic mass is 10.1. The highest BCUT2D eigenvalue weighted by molar-refractivity contribution is 5.33. The van der Waals surface area contributed by atoms with Crippen molar-refractivity contribution >= 4 is 0 Å². The van der Waals surface area contributed by atoms with Crippen LogP contribution in [0.4, 0.5) is 0 Å². The van der Waals surface area contributed by atoms with Crippen LogP contribution in [0, 0.1) is 13.8 Å². The fourth-order valence-corrected chi connectivity index (χ4v) is 2.24. The monoisotopic (exact) mass is 261 g/mol. The average molecular weight is 261 g/mol. The molecule has 0 aromatic heterocycles. The number of morpholine rings is 1. The van der Waals surface area contributed by atoms with Gasteiger partial charge >= 0.3 is 0 Å². The van der Waals surface area contributed by atoms with Crippen molar-refractivity contribution in [2.45, 2.75) is 13.8 Å². The molecule has 0 bridgehead atoms. The van der Waals surface area contributed by atoms with Crippen molar-refractivity contribution in [3.63, 3.8) is 0 Å². The van der Waals surface area contributed by atoms with Crippen molar-refractivity contribution < 1.29 is 9.47 Å². The zero-order chi connectivity index (χ0) is 13.5. The van der Waals surface area contributed by atoms with Gasteiger partial charge in [-0.3, -0.25) is 4.90 Å². The normalized spacial score (nSPS) is 16.9. The minimum Gasteiger partial charge on any atom is -0.490 e. The van der Waals surface area contributed by atoms with Crippen LogP contribution < -0.4 is 4.74 Å². The number of aryl methyl sites for hydroxylation is 2. The summed E-state index contributed by atoms with van der Waals surface area (Å²) in [4.78, 5) is 2.39. The molecule has 0 amide bonds. The molecule has 0 spiro atoms. The first-order valence-corrected chi connectivity index (χ1v) is 6.90. The highest BCUT2D eigenvalue weighted by atomic mass is 16.5. The first-order chi connectivity index (χ1) is 9.24. The Labute approximate surface area is 115 Å². The maximum absolute atomic E-state index is 5.73. The van der Waals surface area contributed by atoms with E-state index in [0.717, 1.165) is 38.6 Å². The van der Waals surface area contributed by atoms with E-state index in [2.05, 4.69) is 49.1 Å². The summed E-state index contributed by atoms with van der Waals surface area (Å²) in [5, 5.41) is 0. The Bertz CT molecular complexity index is 403. The predicted octanol–water partition coefficient (Wildman–Crippen LogP) is 2.57. The first kappa shape index (κ1) is 14.1. The molecule has 1 saturated heterocycles. The molecule has 3 heteroatoms. The SMILES string of the molecule is Cc1cc(C)cc(OC/C=C/CN2CCOCC2)c1. The Hall–Kier alpha value is -1.32. The van der Waals surface area contributed by atoms with E-state index in [1.807, 2.05) is 0 Å². The van der Waals surface area contributed by atoms with Crippen LogP contribution in [0.5, 0.6) is 5.75 Å². The van der Waals surface area contributed by atoms with Crippen LogP contribution in [-0.4, -0.2) is 44.4 Å². The summed E-state index contributed by atoms with van der Waals surface area (Å²) in [6.07, 6.45) is 4.26. The van der Waals surface area contributed by atoms with Gasteiger partial charge in [0, 0.05) is 19.6 Å². The van der Waals surface area contributed by atoms with Gasteiger partial charge < -0.3 is 9.47 Å². The lowest BCUT2D eigenvalue weighted by Crippen LogP contribution is -2.36. The largest absolute Gasteiger partial charge is 0.490 e. The molecule has 104 valence electrons. The van der Waals surface area contributed by atoms with E-state index in [-0.39, 0.29) is 0 Å². The Balaban J connectivity index is 1.70. The third-order valence-electron chi connectivity index (χ3n) is 3.18.